The molecule has 0 bridgehead atoms. The summed E-state index contributed by atoms with van der Waals surface area (Å²) >= 11 is 0. The summed E-state index contributed by atoms with van der Waals surface area (Å²) in [5.74, 6) is 5.69. The zero-order valence-electron chi connectivity index (χ0n) is 11.4. The molecule has 1 fully saturated rings. The SMILES string of the molecule is CCCn1cc(C(CC2(OC)CCC2)NN)cn1. The monoisotopic (exact) mass is 252 g/mol. The lowest BCUT2D eigenvalue weighted by Crippen LogP contribution is -2.44. The van der Waals surface area contributed by atoms with E-state index in [1.807, 2.05) is 10.9 Å². The molecule has 1 atom stereocenters. The minimum atomic E-state index is 0.0178. The molecule has 0 amide bonds. The van der Waals surface area contributed by atoms with E-state index in [0.29, 0.717) is 0 Å². The average molecular weight is 252 g/mol. The zero-order valence-corrected chi connectivity index (χ0v) is 11.4. The Kier molecular flexibility index (Phi) is 4.37. The second-order valence-electron chi connectivity index (χ2n) is 5.20. The molecule has 1 aromatic heterocycles. The van der Waals surface area contributed by atoms with Gasteiger partial charge in [0, 0.05) is 25.4 Å². The maximum atomic E-state index is 5.69. The number of hydrazine groups is 1. The van der Waals surface area contributed by atoms with Crippen LogP contribution in [0, 0.1) is 0 Å². The molecule has 0 saturated heterocycles. The second kappa shape index (κ2) is 5.82. The Morgan fingerprint density at radius 3 is 2.89 bits per heavy atom. The van der Waals surface area contributed by atoms with Gasteiger partial charge < -0.3 is 4.74 Å². The first kappa shape index (κ1) is 13.5. The first-order chi connectivity index (χ1) is 8.73. The molecule has 0 aliphatic heterocycles. The van der Waals surface area contributed by atoms with Gasteiger partial charge in [-0.1, -0.05) is 6.92 Å². The molecule has 2 rings (SSSR count). The number of aromatic nitrogens is 2. The minimum Gasteiger partial charge on any atom is -0.378 e. The van der Waals surface area contributed by atoms with Crippen molar-refractivity contribution in [1.29, 1.82) is 0 Å². The summed E-state index contributed by atoms with van der Waals surface area (Å²) in [7, 11) is 1.80. The number of rotatable bonds is 7. The van der Waals surface area contributed by atoms with E-state index in [-0.39, 0.29) is 11.6 Å². The topological polar surface area (TPSA) is 65.1 Å². The first-order valence-corrected chi connectivity index (χ1v) is 6.76. The van der Waals surface area contributed by atoms with Crippen LogP contribution in [0.5, 0.6) is 0 Å². The van der Waals surface area contributed by atoms with E-state index in [4.69, 9.17) is 10.6 Å². The van der Waals surface area contributed by atoms with Gasteiger partial charge in [0.25, 0.3) is 0 Å². The van der Waals surface area contributed by atoms with E-state index in [1.165, 1.54) is 6.42 Å². The van der Waals surface area contributed by atoms with Gasteiger partial charge in [-0.3, -0.25) is 16.0 Å². The van der Waals surface area contributed by atoms with E-state index in [2.05, 4.69) is 23.6 Å². The minimum absolute atomic E-state index is 0.0178. The summed E-state index contributed by atoms with van der Waals surface area (Å²) in [6.07, 6.45) is 9.50. The highest BCUT2D eigenvalue weighted by atomic mass is 16.5. The van der Waals surface area contributed by atoms with Crippen LogP contribution in [0.3, 0.4) is 0 Å². The lowest BCUT2D eigenvalue weighted by atomic mass is 9.75. The molecule has 18 heavy (non-hydrogen) atoms. The smallest absolute Gasteiger partial charge is 0.0697 e. The van der Waals surface area contributed by atoms with Crippen LogP contribution >= 0.6 is 0 Å². The molecular formula is C13H24N4O. The normalized spacial score (nSPS) is 19.5. The Morgan fingerprint density at radius 2 is 2.39 bits per heavy atom. The van der Waals surface area contributed by atoms with Gasteiger partial charge in [-0.15, -0.1) is 0 Å². The standard InChI is InChI=1S/C13H24N4O/c1-3-7-17-10-11(9-15-17)12(16-14)8-13(18-2)5-4-6-13/h9-10,12,16H,3-8,14H2,1-2H3. The number of nitrogens with zero attached hydrogens (tertiary/aromatic N) is 2. The van der Waals surface area contributed by atoms with Gasteiger partial charge >= 0.3 is 0 Å². The number of nitrogens with one attached hydrogen (secondary N) is 1. The Labute approximate surface area is 109 Å². The summed E-state index contributed by atoms with van der Waals surface area (Å²) in [5, 5.41) is 4.35. The second-order valence-corrected chi connectivity index (χ2v) is 5.20. The fourth-order valence-electron chi connectivity index (χ4n) is 2.62. The fourth-order valence-corrected chi connectivity index (χ4v) is 2.62. The highest BCUT2D eigenvalue weighted by Gasteiger charge is 2.39. The van der Waals surface area contributed by atoms with E-state index in [9.17, 15) is 0 Å². The molecular weight excluding hydrogens is 228 g/mol. The van der Waals surface area contributed by atoms with Crippen molar-refractivity contribution < 1.29 is 4.74 Å². The average Bonchev–Trinajstić information content (AvgIpc) is 2.78. The predicted molar refractivity (Wildman–Crippen MR) is 70.8 cm³/mol. The number of nitrogens with two attached hydrogens (primary N) is 1. The van der Waals surface area contributed by atoms with Crippen molar-refractivity contribution in [2.24, 2.45) is 5.84 Å². The number of methoxy groups -OCH3 is 1. The quantitative estimate of drug-likeness (QED) is 0.573. The van der Waals surface area contributed by atoms with Crippen molar-refractivity contribution in [3.05, 3.63) is 18.0 Å². The molecule has 1 aliphatic rings. The summed E-state index contributed by atoms with van der Waals surface area (Å²) < 4.78 is 7.63. The van der Waals surface area contributed by atoms with Crippen LogP contribution < -0.4 is 11.3 Å². The highest BCUT2D eigenvalue weighted by Crippen LogP contribution is 2.41. The van der Waals surface area contributed by atoms with Crippen molar-refractivity contribution >= 4 is 0 Å². The van der Waals surface area contributed by atoms with Crippen LogP contribution in [-0.4, -0.2) is 22.5 Å². The third kappa shape index (κ3) is 2.74. The van der Waals surface area contributed by atoms with Crippen molar-refractivity contribution in [2.75, 3.05) is 7.11 Å². The van der Waals surface area contributed by atoms with Gasteiger partial charge in [0.05, 0.1) is 17.8 Å². The zero-order chi connectivity index (χ0) is 13.0. The van der Waals surface area contributed by atoms with E-state index < -0.39 is 0 Å². The van der Waals surface area contributed by atoms with Crippen molar-refractivity contribution in [3.8, 4) is 0 Å². The third-order valence-electron chi connectivity index (χ3n) is 3.98. The first-order valence-electron chi connectivity index (χ1n) is 6.76. The lowest BCUT2D eigenvalue weighted by molar-refractivity contribution is -0.0838. The molecule has 1 aromatic rings. The molecule has 0 spiro atoms. The van der Waals surface area contributed by atoms with E-state index in [1.54, 1.807) is 7.11 Å². The number of ether oxygens (including phenoxy) is 1. The van der Waals surface area contributed by atoms with Gasteiger partial charge in [-0.2, -0.15) is 5.10 Å². The Balaban J connectivity index is 2.02. The van der Waals surface area contributed by atoms with Crippen LogP contribution in [0.1, 0.15) is 50.6 Å². The van der Waals surface area contributed by atoms with Crippen LogP contribution in [0.4, 0.5) is 0 Å². The molecule has 0 radical (unpaired) electrons. The lowest BCUT2D eigenvalue weighted by Gasteiger charge is -2.42. The number of hydrogen-bond donors (Lipinski definition) is 2. The highest BCUT2D eigenvalue weighted by molar-refractivity contribution is 5.12. The van der Waals surface area contributed by atoms with Gasteiger partial charge in [-0.05, 0) is 32.1 Å². The molecule has 1 aliphatic carbocycles. The predicted octanol–water partition coefficient (Wildman–Crippen LogP) is 1.76. The Hall–Kier alpha value is -0.910. The van der Waals surface area contributed by atoms with Crippen LogP contribution in [0.25, 0.3) is 0 Å². The van der Waals surface area contributed by atoms with E-state index >= 15 is 0 Å². The summed E-state index contributed by atoms with van der Waals surface area (Å²) in [6, 6.07) is 0.121. The van der Waals surface area contributed by atoms with Gasteiger partial charge in [0.1, 0.15) is 0 Å². The number of hydrogen-bond acceptors (Lipinski definition) is 4. The Morgan fingerprint density at radius 1 is 1.61 bits per heavy atom. The summed E-state index contributed by atoms with van der Waals surface area (Å²) in [4.78, 5) is 0. The molecule has 102 valence electrons. The molecule has 0 aromatic carbocycles. The van der Waals surface area contributed by atoms with Crippen LogP contribution in [0.2, 0.25) is 0 Å². The Bertz CT molecular complexity index is 367. The summed E-state index contributed by atoms with van der Waals surface area (Å²) in [5.41, 5.74) is 4.06. The number of aryl methyl sites for hydroxylation is 1. The molecule has 1 unspecified atom stereocenters. The molecule has 1 saturated carbocycles. The van der Waals surface area contributed by atoms with Gasteiger partial charge in [0.15, 0.2) is 0 Å². The van der Waals surface area contributed by atoms with Crippen molar-refractivity contribution in [3.63, 3.8) is 0 Å². The molecule has 5 heteroatoms. The molecule has 3 N–H and O–H groups in total. The van der Waals surface area contributed by atoms with Crippen molar-refractivity contribution in [1.82, 2.24) is 15.2 Å². The maximum Gasteiger partial charge on any atom is 0.0697 e. The van der Waals surface area contributed by atoms with Crippen LogP contribution in [0.15, 0.2) is 12.4 Å². The van der Waals surface area contributed by atoms with Crippen molar-refractivity contribution in [2.45, 2.75) is 57.2 Å². The largest absolute Gasteiger partial charge is 0.378 e. The summed E-state index contributed by atoms with van der Waals surface area (Å²) in [6.45, 7) is 3.10. The van der Waals surface area contributed by atoms with Crippen LogP contribution in [-0.2, 0) is 11.3 Å². The molecule has 1 heterocycles. The van der Waals surface area contributed by atoms with E-state index in [0.717, 1.165) is 37.8 Å². The van der Waals surface area contributed by atoms with Gasteiger partial charge in [0.2, 0.25) is 0 Å². The fraction of sp³-hybridized carbons (Fsp3) is 0.769. The van der Waals surface area contributed by atoms with Gasteiger partial charge in [-0.25, -0.2) is 0 Å². The molecule has 5 nitrogen and oxygen atoms in total. The maximum absolute atomic E-state index is 5.69. The third-order valence-corrected chi connectivity index (χ3v) is 3.98.